The van der Waals surface area contributed by atoms with Gasteiger partial charge in [0.1, 0.15) is 5.75 Å². The summed E-state index contributed by atoms with van der Waals surface area (Å²) in [4.78, 5) is 3.70. The highest BCUT2D eigenvalue weighted by Crippen LogP contribution is 2.26. The second-order valence-corrected chi connectivity index (χ2v) is 6.39. The summed E-state index contributed by atoms with van der Waals surface area (Å²) in [6.45, 7) is 4.91. The van der Waals surface area contributed by atoms with E-state index in [0.29, 0.717) is 5.75 Å². The maximum absolute atomic E-state index is 9.87. The minimum absolute atomic E-state index is 0.383. The maximum atomic E-state index is 9.87. The first-order valence-corrected chi connectivity index (χ1v) is 8.09. The van der Waals surface area contributed by atoms with Crippen LogP contribution in [-0.2, 0) is 13.1 Å². The first-order valence-electron chi connectivity index (χ1n) is 6.41. The van der Waals surface area contributed by atoms with Gasteiger partial charge in [0.15, 0.2) is 0 Å². The van der Waals surface area contributed by atoms with E-state index in [-0.39, 0.29) is 0 Å². The van der Waals surface area contributed by atoms with Crippen LogP contribution >= 0.6 is 27.3 Å². The van der Waals surface area contributed by atoms with E-state index < -0.39 is 0 Å². The van der Waals surface area contributed by atoms with Crippen molar-refractivity contribution in [3.63, 3.8) is 0 Å². The molecule has 1 heterocycles. The molecule has 0 aliphatic carbocycles. The molecule has 0 fully saturated rings. The highest BCUT2D eigenvalue weighted by atomic mass is 79.9. The Morgan fingerprint density at radius 3 is 2.63 bits per heavy atom. The molecule has 0 unspecified atom stereocenters. The summed E-state index contributed by atoms with van der Waals surface area (Å²) in [5.41, 5.74) is 0.989. The van der Waals surface area contributed by atoms with Gasteiger partial charge in [0, 0.05) is 28.0 Å². The second-order valence-electron chi connectivity index (χ2n) is 4.53. The van der Waals surface area contributed by atoms with E-state index in [0.717, 1.165) is 31.6 Å². The molecule has 4 heteroatoms. The zero-order valence-electron chi connectivity index (χ0n) is 11.0. The summed E-state index contributed by atoms with van der Waals surface area (Å²) >= 11 is 5.35. The van der Waals surface area contributed by atoms with Gasteiger partial charge >= 0.3 is 0 Å². The smallest absolute Gasteiger partial charge is 0.120 e. The van der Waals surface area contributed by atoms with Crippen molar-refractivity contribution in [1.29, 1.82) is 0 Å². The standard InChI is InChI=1S/C15H18BrNOS/c1-2-8-17(11-15-13(16)7-9-19-15)10-12-5-3-4-6-14(12)18/h3-7,9,18H,2,8,10-11H2,1H3. The summed E-state index contributed by atoms with van der Waals surface area (Å²) in [5.74, 6) is 0.383. The number of para-hydroxylation sites is 1. The van der Waals surface area contributed by atoms with Crippen molar-refractivity contribution in [2.45, 2.75) is 26.4 Å². The van der Waals surface area contributed by atoms with Gasteiger partial charge in [-0.1, -0.05) is 25.1 Å². The Morgan fingerprint density at radius 2 is 2.00 bits per heavy atom. The molecule has 0 spiro atoms. The largest absolute Gasteiger partial charge is 0.508 e. The fourth-order valence-corrected chi connectivity index (χ4v) is 3.58. The van der Waals surface area contributed by atoms with Crippen molar-refractivity contribution in [1.82, 2.24) is 4.90 Å². The van der Waals surface area contributed by atoms with Crippen LogP contribution < -0.4 is 0 Å². The third-order valence-electron chi connectivity index (χ3n) is 2.98. The molecule has 0 amide bonds. The van der Waals surface area contributed by atoms with Gasteiger partial charge in [0.05, 0.1) is 0 Å². The number of nitrogens with zero attached hydrogens (tertiary/aromatic N) is 1. The molecule has 1 aromatic heterocycles. The quantitative estimate of drug-likeness (QED) is 0.829. The van der Waals surface area contributed by atoms with Crippen molar-refractivity contribution in [3.05, 3.63) is 50.6 Å². The summed E-state index contributed by atoms with van der Waals surface area (Å²) < 4.78 is 1.18. The number of phenolic OH excluding ortho intramolecular Hbond substituents is 1. The van der Waals surface area contributed by atoms with Gasteiger partial charge in [0.2, 0.25) is 0 Å². The van der Waals surface area contributed by atoms with E-state index in [9.17, 15) is 5.11 Å². The van der Waals surface area contributed by atoms with Crippen LogP contribution in [0.2, 0.25) is 0 Å². The Bertz CT molecular complexity index is 526. The molecule has 2 aromatic rings. The van der Waals surface area contributed by atoms with E-state index in [2.05, 4.69) is 39.2 Å². The van der Waals surface area contributed by atoms with Crippen LogP contribution in [0.3, 0.4) is 0 Å². The topological polar surface area (TPSA) is 23.5 Å². The van der Waals surface area contributed by atoms with Gasteiger partial charge in [-0.2, -0.15) is 0 Å². The number of hydrogen-bond acceptors (Lipinski definition) is 3. The van der Waals surface area contributed by atoms with Crippen LogP contribution in [0, 0.1) is 0 Å². The fraction of sp³-hybridized carbons (Fsp3) is 0.333. The molecular formula is C15H18BrNOS. The van der Waals surface area contributed by atoms with E-state index in [1.54, 1.807) is 17.4 Å². The third kappa shape index (κ3) is 4.06. The Labute approximate surface area is 126 Å². The summed E-state index contributed by atoms with van der Waals surface area (Å²) in [5, 5.41) is 12.0. The van der Waals surface area contributed by atoms with E-state index in [1.165, 1.54) is 9.35 Å². The Kier molecular flexibility index (Phi) is 5.43. The van der Waals surface area contributed by atoms with Gasteiger partial charge in [-0.25, -0.2) is 0 Å². The molecule has 2 nitrogen and oxygen atoms in total. The van der Waals surface area contributed by atoms with E-state index in [4.69, 9.17) is 0 Å². The predicted molar refractivity (Wildman–Crippen MR) is 84.5 cm³/mol. The molecule has 1 N–H and O–H groups in total. The SMILES string of the molecule is CCCN(Cc1ccccc1O)Cc1sccc1Br. The van der Waals surface area contributed by atoms with Gasteiger partial charge in [-0.3, -0.25) is 4.90 Å². The first kappa shape index (κ1) is 14.6. The van der Waals surface area contributed by atoms with Crippen LogP contribution in [0.25, 0.3) is 0 Å². The first-order chi connectivity index (χ1) is 9.20. The second kappa shape index (κ2) is 7.08. The predicted octanol–water partition coefficient (Wildman–Crippen LogP) is 4.63. The van der Waals surface area contributed by atoms with Crippen molar-refractivity contribution in [2.24, 2.45) is 0 Å². The molecule has 102 valence electrons. The lowest BCUT2D eigenvalue weighted by molar-refractivity contribution is 0.255. The monoisotopic (exact) mass is 339 g/mol. The van der Waals surface area contributed by atoms with Gasteiger partial charge < -0.3 is 5.11 Å². The lowest BCUT2D eigenvalue weighted by atomic mass is 10.2. The Hall–Kier alpha value is -0.840. The molecule has 0 saturated carbocycles. The molecule has 19 heavy (non-hydrogen) atoms. The summed E-state index contributed by atoms with van der Waals surface area (Å²) in [7, 11) is 0. The summed E-state index contributed by atoms with van der Waals surface area (Å²) in [6, 6.07) is 9.66. The minimum Gasteiger partial charge on any atom is -0.508 e. The molecule has 2 rings (SSSR count). The van der Waals surface area contributed by atoms with Crippen LogP contribution in [0.15, 0.2) is 40.2 Å². The van der Waals surface area contributed by atoms with Gasteiger partial charge in [-0.05, 0) is 46.4 Å². The third-order valence-corrected chi connectivity index (χ3v) is 4.89. The lowest BCUT2D eigenvalue weighted by Gasteiger charge is -2.21. The zero-order valence-corrected chi connectivity index (χ0v) is 13.4. The number of aromatic hydroxyl groups is 1. The molecular weight excluding hydrogens is 322 g/mol. The van der Waals surface area contributed by atoms with Crippen molar-refractivity contribution >= 4 is 27.3 Å². The highest BCUT2D eigenvalue weighted by molar-refractivity contribution is 9.10. The number of hydrogen-bond donors (Lipinski definition) is 1. The number of rotatable bonds is 6. The van der Waals surface area contributed by atoms with Gasteiger partial charge in [-0.15, -0.1) is 11.3 Å². The zero-order chi connectivity index (χ0) is 13.7. The van der Waals surface area contributed by atoms with Gasteiger partial charge in [0.25, 0.3) is 0 Å². The number of halogens is 1. The molecule has 1 aromatic carbocycles. The average Bonchev–Trinajstić information content (AvgIpc) is 2.78. The van der Waals surface area contributed by atoms with Crippen molar-refractivity contribution in [3.8, 4) is 5.75 Å². The fourth-order valence-electron chi connectivity index (χ4n) is 2.06. The molecule has 0 aliphatic heterocycles. The number of thiophene rings is 1. The molecule has 0 bridgehead atoms. The highest BCUT2D eigenvalue weighted by Gasteiger charge is 2.11. The number of phenols is 1. The van der Waals surface area contributed by atoms with Crippen LogP contribution in [-0.4, -0.2) is 16.6 Å². The molecule has 0 saturated heterocycles. The van der Waals surface area contributed by atoms with Crippen LogP contribution in [0.5, 0.6) is 5.75 Å². The maximum Gasteiger partial charge on any atom is 0.120 e. The van der Waals surface area contributed by atoms with Crippen molar-refractivity contribution < 1.29 is 5.11 Å². The van der Waals surface area contributed by atoms with Crippen LogP contribution in [0.1, 0.15) is 23.8 Å². The number of benzene rings is 1. The molecule has 0 aliphatic rings. The lowest BCUT2D eigenvalue weighted by Crippen LogP contribution is -2.23. The Balaban J connectivity index is 2.08. The summed E-state index contributed by atoms with van der Waals surface area (Å²) in [6.07, 6.45) is 1.11. The molecule has 0 radical (unpaired) electrons. The van der Waals surface area contributed by atoms with E-state index >= 15 is 0 Å². The Morgan fingerprint density at radius 1 is 1.21 bits per heavy atom. The average molecular weight is 340 g/mol. The normalized spacial score (nSPS) is 11.1. The molecule has 0 atom stereocenters. The van der Waals surface area contributed by atoms with E-state index in [1.807, 2.05) is 18.2 Å². The minimum atomic E-state index is 0.383. The van der Waals surface area contributed by atoms with Crippen LogP contribution in [0.4, 0.5) is 0 Å². The van der Waals surface area contributed by atoms with Crippen molar-refractivity contribution in [2.75, 3.05) is 6.54 Å².